The van der Waals surface area contributed by atoms with Gasteiger partial charge in [0.1, 0.15) is 0 Å². The molecule has 1 aromatic carbocycles. The number of aliphatic hydroxyl groups excluding tert-OH is 1. The number of halogens is 2. The Bertz CT molecular complexity index is 487. The number of benzene rings is 1. The fourth-order valence-electron chi connectivity index (χ4n) is 2.26. The summed E-state index contributed by atoms with van der Waals surface area (Å²) in [7, 11) is 0. The SMILES string of the molecule is O=C(Cc1ccc(Cl)c(Cl)c1)NC1(CO)CCOCC1. The number of carbonyl (C=O) groups is 1. The molecule has 1 aliphatic rings. The van der Waals surface area contributed by atoms with Crippen molar-refractivity contribution in [1.82, 2.24) is 5.32 Å². The first-order valence-electron chi connectivity index (χ1n) is 6.48. The fourth-order valence-corrected chi connectivity index (χ4v) is 2.58. The number of aliphatic hydroxyl groups is 1. The van der Waals surface area contributed by atoms with Crippen LogP contribution < -0.4 is 5.32 Å². The van der Waals surface area contributed by atoms with Crippen LogP contribution in [0.2, 0.25) is 10.0 Å². The van der Waals surface area contributed by atoms with Crippen LogP contribution in [0.3, 0.4) is 0 Å². The molecule has 0 atom stereocenters. The molecule has 6 heteroatoms. The second-order valence-electron chi connectivity index (χ2n) is 5.02. The molecule has 2 rings (SSSR count). The summed E-state index contributed by atoms with van der Waals surface area (Å²) in [5.74, 6) is -0.140. The first-order chi connectivity index (χ1) is 9.54. The maximum Gasteiger partial charge on any atom is 0.224 e. The van der Waals surface area contributed by atoms with Gasteiger partial charge in [0, 0.05) is 13.2 Å². The number of rotatable bonds is 4. The summed E-state index contributed by atoms with van der Waals surface area (Å²) >= 11 is 11.8. The van der Waals surface area contributed by atoms with Gasteiger partial charge in [0.25, 0.3) is 0 Å². The monoisotopic (exact) mass is 317 g/mol. The number of ether oxygens (including phenoxy) is 1. The lowest BCUT2D eigenvalue weighted by molar-refractivity contribution is -0.124. The van der Waals surface area contributed by atoms with Crippen molar-refractivity contribution in [3.8, 4) is 0 Å². The van der Waals surface area contributed by atoms with Crippen molar-refractivity contribution in [2.75, 3.05) is 19.8 Å². The number of carbonyl (C=O) groups excluding carboxylic acids is 1. The second kappa shape index (κ2) is 6.76. The summed E-state index contributed by atoms with van der Waals surface area (Å²) in [6.07, 6.45) is 1.45. The molecule has 1 heterocycles. The Morgan fingerprint density at radius 2 is 2.00 bits per heavy atom. The van der Waals surface area contributed by atoms with Gasteiger partial charge >= 0.3 is 0 Å². The summed E-state index contributed by atoms with van der Waals surface area (Å²) in [4.78, 5) is 12.1. The first-order valence-corrected chi connectivity index (χ1v) is 7.24. The average Bonchev–Trinajstić information content (AvgIpc) is 2.44. The molecule has 0 aromatic heterocycles. The number of amides is 1. The van der Waals surface area contributed by atoms with E-state index >= 15 is 0 Å². The van der Waals surface area contributed by atoms with E-state index in [0.717, 1.165) is 5.56 Å². The van der Waals surface area contributed by atoms with Gasteiger partial charge in [-0.15, -0.1) is 0 Å². The molecule has 4 nitrogen and oxygen atoms in total. The Hall–Kier alpha value is -0.810. The van der Waals surface area contributed by atoms with Gasteiger partial charge in [-0.05, 0) is 30.5 Å². The van der Waals surface area contributed by atoms with Crippen molar-refractivity contribution in [3.05, 3.63) is 33.8 Å². The molecule has 2 N–H and O–H groups in total. The minimum atomic E-state index is -0.564. The van der Waals surface area contributed by atoms with E-state index in [9.17, 15) is 9.90 Å². The summed E-state index contributed by atoms with van der Waals surface area (Å²) in [6.45, 7) is 1.02. The zero-order valence-corrected chi connectivity index (χ0v) is 12.5. The summed E-state index contributed by atoms with van der Waals surface area (Å²) < 4.78 is 5.26. The van der Waals surface area contributed by atoms with Crippen LogP contribution in [-0.2, 0) is 16.0 Å². The van der Waals surface area contributed by atoms with Crippen LogP contribution in [0.15, 0.2) is 18.2 Å². The molecule has 20 heavy (non-hydrogen) atoms. The Labute approximate surface area is 128 Å². The van der Waals surface area contributed by atoms with Crippen molar-refractivity contribution in [2.24, 2.45) is 0 Å². The van der Waals surface area contributed by atoms with Crippen LogP contribution in [-0.4, -0.2) is 36.4 Å². The molecular formula is C14H17Cl2NO3. The average molecular weight is 318 g/mol. The molecule has 1 aromatic rings. The van der Waals surface area contributed by atoms with Gasteiger partial charge in [0.2, 0.25) is 5.91 Å². The summed E-state index contributed by atoms with van der Waals surface area (Å²) in [5, 5.41) is 13.3. The molecular weight excluding hydrogens is 301 g/mol. The van der Waals surface area contributed by atoms with E-state index in [1.807, 2.05) is 0 Å². The minimum absolute atomic E-state index is 0.0799. The summed E-state index contributed by atoms with van der Waals surface area (Å²) in [6, 6.07) is 5.12. The zero-order chi connectivity index (χ0) is 14.6. The maximum atomic E-state index is 12.1. The Balaban J connectivity index is 1.98. The topological polar surface area (TPSA) is 58.6 Å². The quantitative estimate of drug-likeness (QED) is 0.895. The lowest BCUT2D eigenvalue weighted by atomic mass is 9.90. The standard InChI is InChI=1S/C14H17Cl2NO3/c15-11-2-1-10(7-12(11)16)8-13(19)17-14(9-18)3-5-20-6-4-14/h1-2,7,18H,3-6,8-9H2,(H,17,19). The molecule has 0 aliphatic carbocycles. The highest BCUT2D eigenvalue weighted by Crippen LogP contribution is 2.23. The molecule has 0 radical (unpaired) electrons. The van der Waals surface area contributed by atoms with E-state index in [2.05, 4.69) is 5.32 Å². The predicted octanol–water partition coefficient (Wildman–Crippen LogP) is 2.19. The Morgan fingerprint density at radius 3 is 2.60 bits per heavy atom. The fraction of sp³-hybridized carbons (Fsp3) is 0.500. The van der Waals surface area contributed by atoms with Crippen LogP contribution in [0.4, 0.5) is 0 Å². The highest BCUT2D eigenvalue weighted by Gasteiger charge is 2.33. The smallest absolute Gasteiger partial charge is 0.224 e. The molecule has 1 aliphatic heterocycles. The van der Waals surface area contributed by atoms with E-state index in [-0.39, 0.29) is 18.9 Å². The van der Waals surface area contributed by atoms with Crippen LogP contribution in [0.5, 0.6) is 0 Å². The van der Waals surface area contributed by atoms with Crippen molar-refractivity contribution in [2.45, 2.75) is 24.8 Å². The number of hydrogen-bond donors (Lipinski definition) is 2. The lowest BCUT2D eigenvalue weighted by Gasteiger charge is -2.36. The summed E-state index contributed by atoms with van der Waals surface area (Å²) in [5.41, 5.74) is 0.225. The maximum absolute atomic E-state index is 12.1. The van der Waals surface area contributed by atoms with Crippen molar-refractivity contribution in [1.29, 1.82) is 0 Å². The Morgan fingerprint density at radius 1 is 1.30 bits per heavy atom. The van der Waals surface area contributed by atoms with Crippen LogP contribution in [0.25, 0.3) is 0 Å². The van der Waals surface area contributed by atoms with Crippen LogP contribution in [0.1, 0.15) is 18.4 Å². The molecule has 0 unspecified atom stereocenters. The molecule has 0 saturated carbocycles. The molecule has 1 saturated heterocycles. The third-order valence-electron chi connectivity index (χ3n) is 3.51. The Kier molecular flexibility index (Phi) is 5.27. The second-order valence-corrected chi connectivity index (χ2v) is 5.84. The van der Waals surface area contributed by atoms with Crippen LogP contribution in [0, 0.1) is 0 Å². The van der Waals surface area contributed by atoms with E-state index < -0.39 is 5.54 Å². The zero-order valence-electron chi connectivity index (χ0n) is 11.0. The molecule has 110 valence electrons. The van der Waals surface area contributed by atoms with E-state index in [1.165, 1.54) is 0 Å². The molecule has 1 fully saturated rings. The van der Waals surface area contributed by atoms with Crippen molar-refractivity contribution >= 4 is 29.1 Å². The third-order valence-corrected chi connectivity index (χ3v) is 4.24. The number of hydrogen-bond acceptors (Lipinski definition) is 3. The van der Waals surface area contributed by atoms with Gasteiger partial charge in [0.15, 0.2) is 0 Å². The van der Waals surface area contributed by atoms with Gasteiger partial charge in [-0.3, -0.25) is 4.79 Å². The van der Waals surface area contributed by atoms with Gasteiger partial charge in [0.05, 0.1) is 28.6 Å². The third kappa shape index (κ3) is 3.85. The van der Waals surface area contributed by atoms with Crippen LogP contribution >= 0.6 is 23.2 Å². The minimum Gasteiger partial charge on any atom is -0.394 e. The lowest BCUT2D eigenvalue weighted by Crippen LogP contribution is -2.55. The van der Waals surface area contributed by atoms with E-state index in [1.54, 1.807) is 18.2 Å². The van der Waals surface area contributed by atoms with E-state index in [0.29, 0.717) is 36.1 Å². The number of nitrogens with one attached hydrogen (secondary N) is 1. The molecule has 0 spiro atoms. The van der Waals surface area contributed by atoms with Gasteiger partial charge < -0.3 is 15.2 Å². The normalized spacial score (nSPS) is 17.8. The highest BCUT2D eigenvalue weighted by molar-refractivity contribution is 6.42. The molecule has 0 bridgehead atoms. The van der Waals surface area contributed by atoms with Gasteiger partial charge in [-0.25, -0.2) is 0 Å². The highest BCUT2D eigenvalue weighted by atomic mass is 35.5. The van der Waals surface area contributed by atoms with Crippen molar-refractivity contribution < 1.29 is 14.6 Å². The first kappa shape index (κ1) is 15.6. The van der Waals surface area contributed by atoms with Crippen molar-refractivity contribution in [3.63, 3.8) is 0 Å². The molecule has 1 amide bonds. The van der Waals surface area contributed by atoms with E-state index in [4.69, 9.17) is 27.9 Å². The largest absolute Gasteiger partial charge is 0.394 e. The predicted molar refractivity (Wildman–Crippen MR) is 78.2 cm³/mol. The van der Waals surface area contributed by atoms with Gasteiger partial charge in [-0.2, -0.15) is 0 Å². The van der Waals surface area contributed by atoms with Gasteiger partial charge in [-0.1, -0.05) is 29.3 Å².